The van der Waals surface area contributed by atoms with Crippen molar-refractivity contribution in [2.45, 2.75) is 33.1 Å². The minimum Gasteiger partial charge on any atom is -0.347 e. The summed E-state index contributed by atoms with van der Waals surface area (Å²) in [4.78, 5) is 18.6. The highest BCUT2D eigenvalue weighted by atomic mass is 127. The van der Waals surface area contributed by atoms with Gasteiger partial charge in [-0.1, -0.05) is 26.0 Å². The average Bonchev–Trinajstić information content (AvgIpc) is 2.57. The molecule has 1 fully saturated rings. The lowest BCUT2D eigenvalue weighted by Gasteiger charge is -2.32. The highest BCUT2D eigenvalue weighted by Crippen LogP contribution is 2.15. The summed E-state index contributed by atoms with van der Waals surface area (Å²) in [6.45, 7) is 6.62. The van der Waals surface area contributed by atoms with Gasteiger partial charge in [0, 0.05) is 25.8 Å². The predicted octanol–water partition coefficient (Wildman–Crippen LogP) is 3.11. The summed E-state index contributed by atoms with van der Waals surface area (Å²) >= 11 is 0. The Morgan fingerprint density at radius 1 is 1.33 bits per heavy atom. The molecule has 1 aromatic rings. The van der Waals surface area contributed by atoms with Gasteiger partial charge < -0.3 is 15.5 Å². The molecule has 134 valence electrons. The minimum atomic E-state index is -0.0511. The molecule has 2 N–H and O–H groups in total. The fourth-order valence-corrected chi connectivity index (χ4v) is 2.79. The summed E-state index contributed by atoms with van der Waals surface area (Å²) in [5.41, 5.74) is 2.06. The first-order valence-electron chi connectivity index (χ1n) is 8.46. The third kappa shape index (κ3) is 6.30. The number of hydrogen-bond acceptors (Lipinski definition) is 2. The molecule has 1 aliphatic rings. The van der Waals surface area contributed by atoms with Crippen LogP contribution in [-0.2, 0) is 11.2 Å². The number of piperidine rings is 1. The second kappa shape index (κ2) is 10.5. The number of amides is 1. The van der Waals surface area contributed by atoms with Crippen LogP contribution in [0.1, 0.15) is 32.3 Å². The van der Waals surface area contributed by atoms with E-state index in [1.807, 2.05) is 18.2 Å². The van der Waals surface area contributed by atoms with E-state index in [1.165, 1.54) is 18.4 Å². The highest BCUT2D eigenvalue weighted by Gasteiger charge is 2.18. The first-order chi connectivity index (χ1) is 11.1. The molecule has 24 heavy (non-hydrogen) atoms. The predicted molar refractivity (Wildman–Crippen MR) is 111 cm³/mol. The summed E-state index contributed by atoms with van der Waals surface area (Å²) < 4.78 is 0. The Bertz CT molecular complexity index is 554. The lowest BCUT2D eigenvalue weighted by atomic mass is 10.00. The standard InChI is InChI=1S/C18H28N4O.HI/c1-4-15-6-5-7-16(12-15)21-17(23)13-20-18(19-3)22-10-8-14(2)9-11-22;/h5-7,12,14H,4,8-11,13H2,1-3H3,(H,19,20)(H,21,23);1H. The van der Waals surface area contributed by atoms with E-state index in [1.54, 1.807) is 7.05 Å². The molecule has 1 amide bonds. The van der Waals surface area contributed by atoms with Crippen molar-refractivity contribution in [3.05, 3.63) is 29.8 Å². The first-order valence-corrected chi connectivity index (χ1v) is 8.46. The van der Waals surface area contributed by atoms with Gasteiger partial charge in [0.15, 0.2) is 5.96 Å². The Balaban J connectivity index is 0.00000288. The van der Waals surface area contributed by atoms with Gasteiger partial charge in [-0.2, -0.15) is 0 Å². The Hall–Kier alpha value is -1.31. The molecule has 0 bridgehead atoms. The van der Waals surface area contributed by atoms with E-state index in [4.69, 9.17) is 0 Å². The van der Waals surface area contributed by atoms with Crippen molar-refractivity contribution in [3.63, 3.8) is 0 Å². The van der Waals surface area contributed by atoms with Crippen molar-refractivity contribution < 1.29 is 4.79 Å². The van der Waals surface area contributed by atoms with E-state index in [2.05, 4.69) is 40.4 Å². The van der Waals surface area contributed by atoms with Gasteiger partial charge in [-0.05, 0) is 42.9 Å². The summed E-state index contributed by atoms with van der Waals surface area (Å²) in [6, 6.07) is 7.96. The van der Waals surface area contributed by atoms with Crippen LogP contribution in [0.2, 0.25) is 0 Å². The zero-order valence-electron chi connectivity index (χ0n) is 14.8. The van der Waals surface area contributed by atoms with Crippen molar-refractivity contribution in [1.29, 1.82) is 0 Å². The van der Waals surface area contributed by atoms with Crippen molar-refractivity contribution in [3.8, 4) is 0 Å². The van der Waals surface area contributed by atoms with Gasteiger partial charge in [0.25, 0.3) is 0 Å². The number of carbonyl (C=O) groups is 1. The molecule has 1 aliphatic heterocycles. The Kier molecular flexibility index (Phi) is 9.10. The molecular weight excluding hydrogens is 415 g/mol. The summed E-state index contributed by atoms with van der Waals surface area (Å²) in [5.74, 6) is 1.54. The quantitative estimate of drug-likeness (QED) is 0.427. The van der Waals surface area contributed by atoms with Gasteiger partial charge in [0.2, 0.25) is 5.91 Å². The van der Waals surface area contributed by atoms with E-state index in [-0.39, 0.29) is 36.4 Å². The number of aliphatic imine (C=N–C) groups is 1. The van der Waals surface area contributed by atoms with Gasteiger partial charge in [-0.3, -0.25) is 9.79 Å². The Morgan fingerprint density at radius 3 is 2.67 bits per heavy atom. The number of aryl methyl sites for hydroxylation is 1. The van der Waals surface area contributed by atoms with Crippen LogP contribution < -0.4 is 10.6 Å². The molecule has 0 radical (unpaired) electrons. The summed E-state index contributed by atoms with van der Waals surface area (Å²) in [5, 5.41) is 6.10. The van der Waals surface area contributed by atoms with Crippen LogP contribution in [0.3, 0.4) is 0 Å². The lowest BCUT2D eigenvalue weighted by molar-refractivity contribution is -0.115. The van der Waals surface area contributed by atoms with Crippen LogP contribution in [0.25, 0.3) is 0 Å². The molecule has 0 unspecified atom stereocenters. The first kappa shape index (κ1) is 20.7. The number of benzene rings is 1. The van der Waals surface area contributed by atoms with Crippen LogP contribution in [0, 0.1) is 5.92 Å². The molecule has 0 aliphatic carbocycles. The largest absolute Gasteiger partial charge is 0.347 e. The molecule has 0 atom stereocenters. The average molecular weight is 444 g/mol. The van der Waals surface area contributed by atoms with Gasteiger partial charge in [0.05, 0.1) is 6.54 Å². The molecule has 0 spiro atoms. The van der Waals surface area contributed by atoms with Gasteiger partial charge in [-0.25, -0.2) is 0 Å². The van der Waals surface area contributed by atoms with Crippen LogP contribution >= 0.6 is 24.0 Å². The third-order valence-corrected chi connectivity index (χ3v) is 4.32. The number of guanidine groups is 1. The Morgan fingerprint density at radius 2 is 2.04 bits per heavy atom. The molecule has 5 nitrogen and oxygen atoms in total. The minimum absolute atomic E-state index is 0. The smallest absolute Gasteiger partial charge is 0.243 e. The molecule has 1 heterocycles. The lowest BCUT2D eigenvalue weighted by Crippen LogP contribution is -2.47. The second-order valence-corrected chi connectivity index (χ2v) is 6.17. The van der Waals surface area contributed by atoms with Gasteiger partial charge >= 0.3 is 0 Å². The van der Waals surface area contributed by atoms with Crippen molar-refractivity contribution in [2.24, 2.45) is 10.9 Å². The zero-order chi connectivity index (χ0) is 16.7. The molecular formula is C18H29IN4O. The number of halogens is 1. The fourth-order valence-electron chi connectivity index (χ4n) is 2.79. The van der Waals surface area contributed by atoms with Crippen molar-refractivity contribution in [2.75, 3.05) is 32.0 Å². The monoisotopic (exact) mass is 444 g/mol. The molecule has 2 rings (SSSR count). The number of nitrogens with zero attached hydrogens (tertiary/aromatic N) is 2. The summed E-state index contributed by atoms with van der Waals surface area (Å²) in [7, 11) is 1.77. The number of anilines is 1. The molecule has 0 aromatic heterocycles. The highest BCUT2D eigenvalue weighted by molar-refractivity contribution is 14.0. The van der Waals surface area contributed by atoms with E-state index in [0.717, 1.165) is 37.1 Å². The maximum atomic E-state index is 12.1. The second-order valence-electron chi connectivity index (χ2n) is 6.17. The van der Waals surface area contributed by atoms with Crippen LogP contribution in [0.4, 0.5) is 5.69 Å². The third-order valence-electron chi connectivity index (χ3n) is 4.32. The van der Waals surface area contributed by atoms with Crippen molar-refractivity contribution >= 4 is 41.5 Å². The molecule has 1 aromatic carbocycles. The summed E-state index contributed by atoms with van der Waals surface area (Å²) in [6.07, 6.45) is 3.31. The van der Waals surface area contributed by atoms with Crippen LogP contribution in [0.15, 0.2) is 29.3 Å². The van der Waals surface area contributed by atoms with Crippen LogP contribution in [0.5, 0.6) is 0 Å². The molecule has 6 heteroatoms. The zero-order valence-corrected chi connectivity index (χ0v) is 17.2. The van der Waals surface area contributed by atoms with Crippen molar-refractivity contribution in [1.82, 2.24) is 10.2 Å². The van der Waals surface area contributed by atoms with Gasteiger partial charge in [0.1, 0.15) is 0 Å². The van der Waals surface area contributed by atoms with Gasteiger partial charge in [-0.15, -0.1) is 24.0 Å². The molecule has 1 saturated heterocycles. The number of likely N-dealkylation sites (tertiary alicyclic amines) is 1. The van der Waals surface area contributed by atoms with E-state index >= 15 is 0 Å². The Labute approximate surface area is 162 Å². The molecule has 0 saturated carbocycles. The van der Waals surface area contributed by atoms with E-state index in [0.29, 0.717) is 0 Å². The fraction of sp³-hybridized carbons (Fsp3) is 0.556. The van der Waals surface area contributed by atoms with Crippen LogP contribution in [-0.4, -0.2) is 43.4 Å². The number of hydrogen-bond donors (Lipinski definition) is 2. The van der Waals surface area contributed by atoms with E-state index < -0.39 is 0 Å². The number of rotatable bonds is 4. The maximum absolute atomic E-state index is 12.1. The number of carbonyl (C=O) groups excluding carboxylic acids is 1. The SMILES string of the molecule is CCc1cccc(NC(=O)CNC(=NC)N2CCC(C)CC2)c1.I. The topological polar surface area (TPSA) is 56.7 Å². The number of nitrogens with one attached hydrogen (secondary N) is 2. The van der Waals surface area contributed by atoms with E-state index in [9.17, 15) is 4.79 Å². The maximum Gasteiger partial charge on any atom is 0.243 e. The normalized spacial score (nSPS) is 15.6.